The Bertz CT molecular complexity index is 910. The number of hydrogen-bond donors (Lipinski definition) is 1. The minimum atomic E-state index is -0.0489. The van der Waals surface area contributed by atoms with Crippen LogP contribution >= 0.6 is 0 Å². The fourth-order valence-electron chi connectivity index (χ4n) is 4.56. The first kappa shape index (κ1) is 21.7. The highest BCUT2D eigenvalue weighted by Crippen LogP contribution is 2.29. The molecular formula is C24H33N3O4. The number of nitrogens with one attached hydrogen (secondary N) is 1. The van der Waals surface area contributed by atoms with Gasteiger partial charge in [-0.05, 0) is 43.9 Å². The summed E-state index contributed by atoms with van der Waals surface area (Å²) < 4.78 is 16.6. The van der Waals surface area contributed by atoms with Gasteiger partial charge in [0.2, 0.25) is 0 Å². The van der Waals surface area contributed by atoms with E-state index in [4.69, 9.17) is 14.2 Å². The maximum absolute atomic E-state index is 12.4. The average Bonchev–Trinajstić information content (AvgIpc) is 3.22. The first-order valence-electron chi connectivity index (χ1n) is 11.2. The predicted molar refractivity (Wildman–Crippen MR) is 123 cm³/mol. The van der Waals surface area contributed by atoms with E-state index in [0.29, 0.717) is 25.9 Å². The highest BCUT2D eigenvalue weighted by atomic mass is 16.5. The van der Waals surface area contributed by atoms with Gasteiger partial charge in [0.15, 0.2) is 0 Å². The van der Waals surface area contributed by atoms with E-state index in [2.05, 4.69) is 33.0 Å². The van der Waals surface area contributed by atoms with Gasteiger partial charge < -0.3 is 29.0 Å². The first-order valence-corrected chi connectivity index (χ1v) is 11.2. The van der Waals surface area contributed by atoms with Crippen molar-refractivity contribution < 1.29 is 14.2 Å². The Morgan fingerprint density at radius 3 is 2.84 bits per heavy atom. The van der Waals surface area contributed by atoms with Crippen molar-refractivity contribution in [2.24, 2.45) is 0 Å². The van der Waals surface area contributed by atoms with Crippen LogP contribution in [0.2, 0.25) is 0 Å². The number of nitrogens with zero attached hydrogens (tertiary/aromatic N) is 2. The molecule has 1 aromatic heterocycles. The van der Waals surface area contributed by atoms with Crippen LogP contribution in [0.1, 0.15) is 25.3 Å². The Hall–Kier alpha value is -2.51. The van der Waals surface area contributed by atoms with Gasteiger partial charge >= 0.3 is 0 Å². The third-order valence-corrected chi connectivity index (χ3v) is 5.99. The van der Waals surface area contributed by atoms with Crippen molar-refractivity contribution in [3.63, 3.8) is 0 Å². The zero-order valence-corrected chi connectivity index (χ0v) is 18.5. The zero-order chi connectivity index (χ0) is 21.6. The Labute approximate surface area is 183 Å². The van der Waals surface area contributed by atoms with Gasteiger partial charge in [0, 0.05) is 50.6 Å². The lowest BCUT2D eigenvalue weighted by atomic mass is 10.0. The number of benzene rings is 1. The number of hydrogen-bond acceptors (Lipinski definition) is 6. The largest absolute Gasteiger partial charge is 0.488 e. The fraction of sp³-hybridized carbons (Fsp3) is 0.542. The Morgan fingerprint density at radius 1 is 1.19 bits per heavy atom. The summed E-state index contributed by atoms with van der Waals surface area (Å²) in [6.45, 7) is 6.57. The summed E-state index contributed by atoms with van der Waals surface area (Å²) in [4.78, 5) is 20.1. The predicted octanol–water partition coefficient (Wildman–Crippen LogP) is 2.84. The van der Waals surface area contributed by atoms with Crippen LogP contribution in [0.3, 0.4) is 0 Å². The smallest absolute Gasteiger partial charge is 0.251 e. The summed E-state index contributed by atoms with van der Waals surface area (Å²) in [6, 6.07) is 12.5. The van der Waals surface area contributed by atoms with E-state index in [-0.39, 0.29) is 11.7 Å². The Morgan fingerprint density at radius 2 is 2.03 bits per heavy atom. The van der Waals surface area contributed by atoms with E-state index in [1.54, 1.807) is 13.2 Å². The standard InChI is InChI=1S/C24H33N3O4/c1-18(17-29-2)31-22-7-3-5-19(14-22)13-20-6-4-8-27(20)23-15-21(16-24(28)25-23)26-9-11-30-12-10-26/h3,5,7,14-16,18,20H,4,6,8-13,17H2,1-2H3,(H,25,28)/t18?,20-/m0/s1. The molecule has 4 rings (SSSR count). The van der Waals surface area contributed by atoms with Gasteiger partial charge in [-0.1, -0.05) is 12.1 Å². The van der Waals surface area contributed by atoms with Gasteiger partial charge in [0.05, 0.1) is 19.8 Å². The summed E-state index contributed by atoms with van der Waals surface area (Å²) in [5.41, 5.74) is 2.17. The highest BCUT2D eigenvalue weighted by molar-refractivity contribution is 5.56. The van der Waals surface area contributed by atoms with Crippen LogP contribution in [0.15, 0.2) is 41.2 Å². The highest BCUT2D eigenvalue weighted by Gasteiger charge is 2.26. The fourth-order valence-corrected chi connectivity index (χ4v) is 4.56. The lowest BCUT2D eigenvalue weighted by molar-refractivity contribution is 0.0920. The molecule has 2 aliphatic rings. The number of aromatic amines is 1. The van der Waals surface area contributed by atoms with E-state index in [1.807, 2.05) is 19.1 Å². The van der Waals surface area contributed by atoms with Crippen LogP contribution < -0.4 is 20.1 Å². The SMILES string of the molecule is COCC(C)Oc1cccc(C[C@@H]2CCCN2c2cc(N3CCOCC3)cc(=O)[nH]2)c1. The molecular weight excluding hydrogens is 394 g/mol. The lowest BCUT2D eigenvalue weighted by Crippen LogP contribution is -2.37. The molecule has 1 unspecified atom stereocenters. The second-order valence-electron chi connectivity index (χ2n) is 8.41. The van der Waals surface area contributed by atoms with E-state index in [1.165, 1.54) is 5.56 Å². The summed E-state index contributed by atoms with van der Waals surface area (Å²) in [5.74, 6) is 1.78. The van der Waals surface area contributed by atoms with Crippen LogP contribution in [0.5, 0.6) is 5.75 Å². The lowest BCUT2D eigenvalue weighted by Gasteiger charge is -2.31. The average molecular weight is 428 g/mol. The van der Waals surface area contributed by atoms with E-state index in [9.17, 15) is 4.79 Å². The first-order chi connectivity index (χ1) is 15.1. The molecule has 0 spiro atoms. The summed E-state index contributed by atoms with van der Waals surface area (Å²) >= 11 is 0. The van der Waals surface area contributed by atoms with Gasteiger partial charge in [-0.2, -0.15) is 0 Å². The van der Waals surface area contributed by atoms with Crippen molar-refractivity contribution in [1.82, 2.24) is 4.98 Å². The van der Waals surface area contributed by atoms with E-state index < -0.39 is 0 Å². The molecule has 2 fully saturated rings. The number of ether oxygens (including phenoxy) is 3. The molecule has 2 saturated heterocycles. The molecule has 0 amide bonds. The number of morpholine rings is 1. The van der Waals surface area contributed by atoms with Gasteiger partial charge in [-0.15, -0.1) is 0 Å². The third kappa shape index (κ3) is 5.60. The van der Waals surface area contributed by atoms with Crippen LogP contribution in [0, 0.1) is 0 Å². The topological polar surface area (TPSA) is 67.0 Å². The monoisotopic (exact) mass is 427 g/mol. The molecule has 0 saturated carbocycles. The molecule has 168 valence electrons. The minimum Gasteiger partial charge on any atom is -0.488 e. The molecule has 1 aromatic carbocycles. The number of rotatable bonds is 8. The van der Waals surface area contributed by atoms with Crippen molar-refractivity contribution >= 4 is 11.5 Å². The number of methoxy groups -OCH3 is 1. The zero-order valence-electron chi connectivity index (χ0n) is 18.5. The second-order valence-corrected chi connectivity index (χ2v) is 8.41. The van der Waals surface area contributed by atoms with Crippen molar-refractivity contribution in [1.29, 1.82) is 0 Å². The van der Waals surface area contributed by atoms with Crippen LogP contribution in [0.4, 0.5) is 11.5 Å². The maximum atomic E-state index is 12.4. The number of anilines is 2. The molecule has 2 aromatic rings. The van der Waals surface area contributed by atoms with Crippen molar-refractivity contribution in [3.05, 3.63) is 52.3 Å². The summed E-state index contributed by atoms with van der Waals surface area (Å²) in [7, 11) is 1.68. The molecule has 3 heterocycles. The molecule has 2 atom stereocenters. The molecule has 7 heteroatoms. The van der Waals surface area contributed by atoms with Crippen LogP contribution in [0.25, 0.3) is 0 Å². The van der Waals surface area contributed by atoms with E-state index >= 15 is 0 Å². The Kier molecular flexibility index (Phi) is 7.14. The van der Waals surface area contributed by atoms with Crippen molar-refractivity contribution in [2.75, 3.05) is 56.4 Å². The molecule has 0 radical (unpaired) electrons. The van der Waals surface area contributed by atoms with Crippen LogP contribution in [-0.2, 0) is 15.9 Å². The maximum Gasteiger partial charge on any atom is 0.251 e. The molecule has 7 nitrogen and oxygen atoms in total. The third-order valence-electron chi connectivity index (χ3n) is 5.99. The summed E-state index contributed by atoms with van der Waals surface area (Å²) in [6.07, 6.45) is 3.15. The van der Waals surface area contributed by atoms with Gasteiger partial charge in [0.1, 0.15) is 17.7 Å². The molecule has 0 aliphatic carbocycles. The van der Waals surface area contributed by atoms with Gasteiger partial charge in [-0.25, -0.2) is 0 Å². The number of pyridine rings is 1. The van der Waals surface area contributed by atoms with E-state index in [0.717, 1.165) is 56.2 Å². The Balaban J connectivity index is 1.48. The number of H-pyrrole nitrogens is 1. The van der Waals surface area contributed by atoms with Crippen LogP contribution in [-0.4, -0.2) is 63.7 Å². The molecule has 0 bridgehead atoms. The quantitative estimate of drug-likeness (QED) is 0.699. The van der Waals surface area contributed by atoms with Gasteiger partial charge in [-0.3, -0.25) is 4.79 Å². The minimum absolute atomic E-state index is 0.0104. The normalized spacial score (nSPS) is 20.1. The van der Waals surface area contributed by atoms with Crippen molar-refractivity contribution in [3.8, 4) is 5.75 Å². The number of aromatic nitrogens is 1. The second kappa shape index (κ2) is 10.2. The summed E-state index contributed by atoms with van der Waals surface area (Å²) in [5, 5.41) is 0. The molecule has 1 N–H and O–H groups in total. The van der Waals surface area contributed by atoms with Crippen molar-refractivity contribution in [2.45, 2.75) is 38.3 Å². The molecule has 2 aliphatic heterocycles. The van der Waals surface area contributed by atoms with Gasteiger partial charge in [0.25, 0.3) is 5.56 Å². The molecule has 31 heavy (non-hydrogen) atoms.